The van der Waals surface area contributed by atoms with Gasteiger partial charge in [0.25, 0.3) is 0 Å². The first kappa shape index (κ1) is 7.36. The zero-order valence-corrected chi connectivity index (χ0v) is 4.56. The molecule has 0 aromatic carbocycles. The van der Waals surface area contributed by atoms with Gasteiger partial charge in [0, 0.05) is 13.2 Å². The van der Waals surface area contributed by atoms with Crippen LogP contribution in [0.4, 0.5) is 8.78 Å². The zero-order chi connectivity index (χ0) is 6.57. The minimum atomic E-state index is -2.52. The SMILES string of the molecule is C=CN(NC)C(F)F. The quantitative estimate of drug-likeness (QED) is 0.439. The Morgan fingerprint density at radius 2 is 2.25 bits per heavy atom. The second kappa shape index (κ2) is 3.37. The largest absolute Gasteiger partial charge is 0.327 e. The molecule has 48 valence electrons. The molecule has 0 saturated carbocycles. The molecule has 0 rings (SSSR count). The third-order valence-electron chi connectivity index (χ3n) is 0.665. The molecular formula is C4H8F2N2. The van der Waals surface area contributed by atoms with Crippen molar-refractivity contribution in [1.82, 2.24) is 10.4 Å². The number of hydrogen-bond acceptors (Lipinski definition) is 2. The number of hydrazine groups is 1. The molecule has 0 fully saturated rings. The molecule has 0 aliphatic carbocycles. The van der Waals surface area contributed by atoms with Crippen LogP contribution in [0.5, 0.6) is 0 Å². The van der Waals surface area contributed by atoms with Gasteiger partial charge in [-0.25, -0.2) is 5.43 Å². The van der Waals surface area contributed by atoms with Crippen molar-refractivity contribution in [2.24, 2.45) is 0 Å². The van der Waals surface area contributed by atoms with Crippen LogP contribution in [-0.4, -0.2) is 18.6 Å². The van der Waals surface area contributed by atoms with E-state index in [2.05, 4.69) is 12.0 Å². The van der Waals surface area contributed by atoms with Crippen molar-refractivity contribution in [3.63, 3.8) is 0 Å². The predicted molar refractivity (Wildman–Crippen MR) is 27.1 cm³/mol. The summed E-state index contributed by atoms with van der Waals surface area (Å²) >= 11 is 0. The fraction of sp³-hybridized carbons (Fsp3) is 0.500. The van der Waals surface area contributed by atoms with Crippen LogP contribution in [-0.2, 0) is 0 Å². The summed E-state index contributed by atoms with van der Waals surface area (Å²) in [5.41, 5.74) is 2.22. The third-order valence-corrected chi connectivity index (χ3v) is 0.665. The van der Waals surface area contributed by atoms with Crippen molar-refractivity contribution in [2.45, 2.75) is 6.55 Å². The van der Waals surface area contributed by atoms with Gasteiger partial charge in [-0.05, 0) is 0 Å². The molecule has 0 aliphatic rings. The highest BCUT2D eigenvalue weighted by Gasteiger charge is 2.06. The van der Waals surface area contributed by atoms with Crippen LogP contribution >= 0.6 is 0 Å². The van der Waals surface area contributed by atoms with E-state index in [1.807, 2.05) is 0 Å². The third kappa shape index (κ3) is 1.88. The highest BCUT2D eigenvalue weighted by atomic mass is 19.3. The van der Waals surface area contributed by atoms with Gasteiger partial charge in [0.15, 0.2) is 0 Å². The van der Waals surface area contributed by atoms with Gasteiger partial charge in [-0.2, -0.15) is 8.78 Å². The Morgan fingerprint density at radius 3 is 2.25 bits per heavy atom. The molecule has 1 N–H and O–H groups in total. The zero-order valence-electron chi connectivity index (χ0n) is 4.56. The Hall–Kier alpha value is -0.640. The Bertz CT molecular complexity index is 74.4. The molecule has 2 nitrogen and oxygen atoms in total. The lowest BCUT2D eigenvalue weighted by molar-refractivity contribution is -0.0198. The molecule has 0 unspecified atom stereocenters. The first-order valence-electron chi connectivity index (χ1n) is 2.08. The molecule has 0 radical (unpaired) electrons. The molecular weight excluding hydrogens is 114 g/mol. The summed E-state index contributed by atoms with van der Waals surface area (Å²) in [6.45, 7) is 0.620. The van der Waals surface area contributed by atoms with E-state index in [1.54, 1.807) is 0 Å². The summed E-state index contributed by atoms with van der Waals surface area (Å²) in [6, 6.07) is 0. The number of nitrogens with one attached hydrogen (secondary N) is 1. The van der Waals surface area contributed by atoms with Crippen LogP contribution in [0.15, 0.2) is 12.8 Å². The highest BCUT2D eigenvalue weighted by Crippen LogP contribution is 1.96. The van der Waals surface area contributed by atoms with Gasteiger partial charge in [-0.1, -0.05) is 6.58 Å². The van der Waals surface area contributed by atoms with E-state index >= 15 is 0 Å². The molecule has 0 amide bonds. The number of alkyl halides is 2. The first-order chi connectivity index (χ1) is 3.72. The molecule has 0 aromatic heterocycles. The van der Waals surface area contributed by atoms with Gasteiger partial charge < -0.3 is 0 Å². The van der Waals surface area contributed by atoms with E-state index in [9.17, 15) is 8.78 Å². The van der Waals surface area contributed by atoms with E-state index in [0.717, 1.165) is 6.20 Å². The lowest BCUT2D eigenvalue weighted by Gasteiger charge is -2.15. The summed E-state index contributed by atoms with van der Waals surface area (Å²) in [7, 11) is 1.40. The maximum Gasteiger partial charge on any atom is 0.327 e. The molecule has 0 aromatic rings. The average Bonchev–Trinajstić information content (AvgIpc) is 1.69. The normalized spacial score (nSPS) is 9.50. The van der Waals surface area contributed by atoms with Crippen LogP contribution in [0.3, 0.4) is 0 Å². The first-order valence-corrected chi connectivity index (χ1v) is 2.08. The smallest absolute Gasteiger partial charge is 0.257 e. The Balaban J connectivity index is 3.51. The summed E-state index contributed by atoms with van der Waals surface area (Å²) < 4.78 is 23.0. The van der Waals surface area contributed by atoms with E-state index < -0.39 is 6.55 Å². The number of hydrogen-bond donors (Lipinski definition) is 1. The van der Waals surface area contributed by atoms with Gasteiger partial charge >= 0.3 is 6.55 Å². The lowest BCUT2D eigenvalue weighted by Crippen LogP contribution is -2.33. The summed E-state index contributed by atoms with van der Waals surface area (Å²) in [4.78, 5) is 0. The van der Waals surface area contributed by atoms with Crippen molar-refractivity contribution >= 4 is 0 Å². The monoisotopic (exact) mass is 122 g/mol. The number of halogens is 2. The van der Waals surface area contributed by atoms with Gasteiger partial charge in [0.2, 0.25) is 0 Å². The molecule has 0 aliphatic heterocycles. The molecule has 0 bridgehead atoms. The van der Waals surface area contributed by atoms with E-state index in [-0.39, 0.29) is 0 Å². The fourth-order valence-electron chi connectivity index (χ4n) is 0.269. The maximum atomic E-state index is 11.5. The second-order valence-electron chi connectivity index (χ2n) is 1.09. The van der Waals surface area contributed by atoms with Crippen molar-refractivity contribution in [3.8, 4) is 0 Å². The van der Waals surface area contributed by atoms with Crippen LogP contribution < -0.4 is 5.43 Å². The average molecular weight is 122 g/mol. The highest BCUT2D eigenvalue weighted by molar-refractivity contribution is 4.63. The molecule has 0 spiro atoms. The van der Waals surface area contributed by atoms with E-state index in [4.69, 9.17) is 0 Å². The summed E-state index contributed by atoms with van der Waals surface area (Å²) in [6.07, 6.45) is 1.02. The second-order valence-corrected chi connectivity index (χ2v) is 1.09. The minimum Gasteiger partial charge on any atom is -0.257 e. The van der Waals surface area contributed by atoms with Crippen molar-refractivity contribution < 1.29 is 8.78 Å². The van der Waals surface area contributed by atoms with Crippen molar-refractivity contribution in [1.29, 1.82) is 0 Å². The van der Waals surface area contributed by atoms with Gasteiger partial charge in [-0.15, -0.1) is 0 Å². The van der Waals surface area contributed by atoms with Gasteiger partial charge in [-0.3, -0.25) is 5.01 Å². The molecule has 0 atom stereocenters. The van der Waals surface area contributed by atoms with Crippen molar-refractivity contribution in [2.75, 3.05) is 7.05 Å². The molecule has 4 heteroatoms. The topological polar surface area (TPSA) is 15.3 Å². The predicted octanol–water partition coefficient (Wildman–Crippen LogP) is 0.789. The Kier molecular flexibility index (Phi) is 3.10. The summed E-state index contributed by atoms with van der Waals surface area (Å²) in [5.74, 6) is 0. The van der Waals surface area contributed by atoms with E-state index in [0.29, 0.717) is 5.01 Å². The Morgan fingerprint density at radius 1 is 1.75 bits per heavy atom. The van der Waals surface area contributed by atoms with Gasteiger partial charge in [0.1, 0.15) is 0 Å². The number of rotatable bonds is 3. The molecule has 0 saturated heterocycles. The van der Waals surface area contributed by atoms with E-state index in [1.165, 1.54) is 7.05 Å². The maximum absolute atomic E-state index is 11.5. The molecule has 8 heavy (non-hydrogen) atoms. The molecule has 0 heterocycles. The number of nitrogens with zero attached hydrogens (tertiary/aromatic N) is 1. The van der Waals surface area contributed by atoms with Crippen molar-refractivity contribution in [3.05, 3.63) is 12.8 Å². The minimum absolute atomic E-state index is 0.597. The fourth-order valence-corrected chi connectivity index (χ4v) is 0.269. The lowest BCUT2D eigenvalue weighted by atomic mass is 10.9. The van der Waals surface area contributed by atoms with Gasteiger partial charge in [0.05, 0.1) is 0 Å². The van der Waals surface area contributed by atoms with Crippen LogP contribution in [0.25, 0.3) is 0 Å². The Labute approximate surface area is 46.8 Å². The van der Waals surface area contributed by atoms with Crippen LogP contribution in [0.1, 0.15) is 0 Å². The van der Waals surface area contributed by atoms with Crippen LogP contribution in [0.2, 0.25) is 0 Å². The van der Waals surface area contributed by atoms with Crippen LogP contribution in [0, 0.1) is 0 Å². The summed E-state index contributed by atoms with van der Waals surface area (Å²) in [5, 5.41) is 0.597. The standard InChI is InChI=1S/C4H8F2N2/c1-3-8(7-2)4(5)6/h3-4,7H,1H2,2H3.